The first-order valence-corrected chi connectivity index (χ1v) is 6.21. The number of amides is 1. The number of aliphatic hydroxyl groups excluding tert-OH is 1. The molecule has 15 heavy (non-hydrogen) atoms. The first kappa shape index (κ1) is 10.6. The molecule has 2 rings (SSSR count). The van der Waals surface area contributed by atoms with Gasteiger partial charge in [-0.3, -0.25) is 4.79 Å². The lowest BCUT2D eigenvalue weighted by Gasteiger charge is -2.37. The first-order chi connectivity index (χ1) is 7.33. The van der Waals surface area contributed by atoms with E-state index in [0.29, 0.717) is 12.6 Å². The van der Waals surface area contributed by atoms with Gasteiger partial charge in [0.05, 0.1) is 12.2 Å². The third kappa shape index (κ3) is 2.21. The van der Waals surface area contributed by atoms with Crippen LogP contribution in [0.4, 0.5) is 0 Å². The Balaban J connectivity index is 2.06. The molecule has 0 bridgehead atoms. The van der Waals surface area contributed by atoms with E-state index in [9.17, 15) is 4.79 Å². The standard InChI is InChI=1S/C11H15NO2S/c13-6-5-12(10-2-1-3-10)11(14)9-4-7-15-8-9/h4,7-8,10,13H,1-3,5-6H2. The highest BCUT2D eigenvalue weighted by molar-refractivity contribution is 7.08. The van der Waals surface area contributed by atoms with Crippen molar-refractivity contribution in [3.05, 3.63) is 22.4 Å². The van der Waals surface area contributed by atoms with E-state index in [1.165, 1.54) is 17.8 Å². The lowest BCUT2D eigenvalue weighted by molar-refractivity contribution is 0.0526. The maximum atomic E-state index is 12.1. The average molecular weight is 225 g/mol. The Morgan fingerprint density at radius 3 is 2.87 bits per heavy atom. The van der Waals surface area contributed by atoms with Crippen LogP contribution in [0, 0.1) is 0 Å². The van der Waals surface area contributed by atoms with Crippen molar-refractivity contribution in [2.45, 2.75) is 25.3 Å². The van der Waals surface area contributed by atoms with Gasteiger partial charge in [-0.1, -0.05) is 0 Å². The molecule has 0 saturated heterocycles. The summed E-state index contributed by atoms with van der Waals surface area (Å²) in [7, 11) is 0. The van der Waals surface area contributed by atoms with Crippen molar-refractivity contribution in [2.24, 2.45) is 0 Å². The van der Waals surface area contributed by atoms with Crippen molar-refractivity contribution in [3.8, 4) is 0 Å². The Morgan fingerprint density at radius 2 is 2.40 bits per heavy atom. The van der Waals surface area contributed by atoms with Crippen molar-refractivity contribution >= 4 is 17.2 Å². The summed E-state index contributed by atoms with van der Waals surface area (Å²) < 4.78 is 0. The quantitative estimate of drug-likeness (QED) is 0.848. The fourth-order valence-electron chi connectivity index (χ4n) is 1.81. The number of carbonyl (C=O) groups excluding carboxylic acids is 1. The van der Waals surface area contributed by atoms with E-state index in [4.69, 9.17) is 5.11 Å². The molecule has 1 aromatic rings. The highest BCUT2D eigenvalue weighted by atomic mass is 32.1. The second-order valence-corrected chi connectivity index (χ2v) is 4.60. The van der Waals surface area contributed by atoms with Gasteiger partial charge in [0.15, 0.2) is 0 Å². The van der Waals surface area contributed by atoms with Crippen LogP contribution in [0.25, 0.3) is 0 Å². The normalized spacial score (nSPS) is 16.1. The highest BCUT2D eigenvalue weighted by Crippen LogP contribution is 2.26. The van der Waals surface area contributed by atoms with Gasteiger partial charge < -0.3 is 10.0 Å². The smallest absolute Gasteiger partial charge is 0.255 e. The zero-order valence-corrected chi connectivity index (χ0v) is 9.37. The molecule has 0 aliphatic heterocycles. The molecule has 0 radical (unpaired) electrons. The minimum Gasteiger partial charge on any atom is -0.395 e. The molecule has 1 aliphatic rings. The number of hydrogen-bond donors (Lipinski definition) is 1. The van der Waals surface area contributed by atoms with Gasteiger partial charge in [0.1, 0.15) is 0 Å². The molecule has 0 unspecified atom stereocenters. The van der Waals surface area contributed by atoms with E-state index < -0.39 is 0 Å². The van der Waals surface area contributed by atoms with E-state index >= 15 is 0 Å². The summed E-state index contributed by atoms with van der Waals surface area (Å²) in [5.74, 6) is 0.0648. The number of carbonyl (C=O) groups is 1. The highest BCUT2D eigenvalue weighted by Gasteiger charge is 2.28. The molecular formula is C11H15NO2S. The molecule has 3 nitrogen and oxygen atoms in total. The topological polar surface area (TPSA) is 40.5 Å². The minimum atomic E-state index is 0.0480. The second-order valence-electron chi connectivity index (χ2n) is 3.82. The molecule has 1 amide bonds. The Bertz CT molecular complexity index is 319. The van der Waals surface area contributed by atoms with Gasteiger partial charge in [0.2, 0.25) is 0 Å². The van der Waals surface area contributed by atoms with Gasteiger partial charge in [-0.25, -0.2) is 0 Å². The molecule has 1 fully saturated rings. The molecule has 1 aromatic heterocycles. The van der Waals surface area contributed by atoms with Gasteiger partial charge in [-0.15, -0.1) is 0 Å². The fourth-order valence-corrected chi connectivity index (χ4v) is 2.44. The lowest BCUT2D eigenvalue weighted by Crippen LogP contribution is -2.45. The minimum absolute atomic E-state index is 0.0480. The Morgan fingerprint density at radius 1 is 1.60 bits per heavy atom. The van der Waals surface area contributed by atoms with Crippen molar-refractivity contribution in [1.82, 2.24) is 4.90 Å². The van der Waals surface area contributed by atoms with Gasteiger partial charge in [-0.05, 0) is 30.7 Å². The first-order valence-electron chi connectivity index (χ1n) is 5.27. The average Bonchev–Trinajstić information content (AvgIpc) is 2.66. The van der Waals surface area contributed by atoms with Gasteiger partial charge in [-0.2, -0.15) is 11.3 Å². The SMILES string of the molecule is O=C(c1ccsc1)N(CCO)C1CCC1. The van der Waals surface area contributed by atoms with Crippen LogP contribution in [0.2, 0.25) is 0 Å². The molecule has 0 aromatic carbocycles. The zero-order valence-electron chi connectivity index (χ0n) is 8.56. The molecule has 1 aliphatic carbocycles. The van der Waals surface area contributed by atoms with Crippen molar-refractivity contribution in [3.63, 3.8) is 0 Å². The van der Waals surface area contributed by atoms with E-state index in [-0.39, 0.29) is 12.5 Å². The molecule has 1 heterocycles. The van der Waals surface area contributed by atoms with E-state index in [1.54, 1.807) is 0 Å². The van der Waals surface area contributed by atoms with E-state index in [1.807, 2.05) is 21.7 Å². The summed E-state index contributed by atoms with van der Waals surface area (Å²) in [5.41, 5.74) is 0.750. The van der Waals surface area contributed by atoms with E-state index in [0.717, 1.165) is 18.4 Å². The summed E-state index contributed by atoms with van der Waals surface area (Å²) >= 11 is 1.53. The van der Waals surface area contributed by atoms with Crippen LogP contribution in [0.3, 0.4) is 0 Å². The summed E-state index contributed by atoms with van der Waals surface area (Å²) in [4.78, 5) is 13.9. The Hall–Kier alpha value is -0.870. The van der Waals surface area contributed by atoms with Crippen LogP contribution in [-0.2, 0) is 0 Å². The third-order valence-electron chi connectivity index (χ3n) is 2.89. The van der Waals surface area contributed by atoms with Crippen LogP contribution < -0.4 is 0 Å². The monoisotopic (exact) mass is 225 g/mol. The molecule has 1 N–H and O–H groups in total. The Kier molecular flexibility index (Phi) is 3.38. The molecule has 4 heteroatoms. The largest absolute Gasteiger partial charge is 0.395 e. The van der Waals surface area contributed by atoms with Crippen molar-refractivity contribution in [2.75, 3.05) is 13.2 Å². The van der Waals surface area contributed by atoms with Crippen molar-refractivity contribution in [1.29, 1.82) is 0 Å². The van der Waals surface area contributed by atoms with Crippen LogP contribution in [0.5, 0.6) is 0 Å². The van der Waals surface area contributed by atoms with Crippen molar-refractivity contribution < 1.29 is 9.90 Å². The third-order valence-corrected chi connectivity index (χ3v) is 3.57. The van der Waals surface area contributed by atoms with Gasteiger partial charge in [0.25, 0.3) is 5.91 Å². The summed E-state index contributed by atoms with van der Waals surface area (Å²) in [6.45, 7) is 0.506. The van der Waals surface area contributed by atoms with Gasteiger partial charge in [0, 0.05) is 18.0 Å². The predicted octanol–water partition coefficient (Wildman–Crippen LogP) is 1.74. The molecule has 0 spiro atoms. The molecular weight excluding hydrogens is 210 g/mol. The van der Waals surface area contributed by atoms with Crippen LogP contribution in [-0.4, -0.2) is 35.1 Å². The van der Waals surface area contributed by atoms with E-state index in [2.05, 4.69) is 0 Å². The van der Waals surface area contributed by atoms with Crippen LogP contribution in [0.15, 0.2) is 16.8 Å². The maximum absolute atomic E-state index is 12.1. The fraction of sp³-hybridized carbons (Fsp3) is 0.545. The number of hydrogen-bond acceptors (Lipinski definition) is 3. The maximum Gasteiger partial charge on any atom is 0.255 e. The number of thiophene rings is 1. The predicted molar refractivity (Wildman–Crippen MR) is 60.1 cm³/mol. The summed E-state index contributed by atoms with van der Waals surface area (Å²) in [5, 5.41) is 12.7. The molecule has 1 saturated carbocycles. The Labute approximate surface area is 93.3 Å². The summed E-state index contributed by atoms with van der Waals surface area (Å²) in [6.07, 6.45) is 3.36. The second kappa shape index (κ2) is 4.77. The number of nitrogens with zero attached hydrogens (tertiary/aromatic N) is 1. The lowest BCUT2D eigenvalue weighted by atomic mass is 9.91. The van der Waals surface area contributed by atoms with Crippen LogP contribution >= 0.6 is 11.3 Å². The number of rotatable bonds is 4. The molecule has 82 valence electrons. The zero-order chi connectivity index (χ0) is 10.7. The number of aliphatic hydroxyl groups is 1. The van der Waals surface area contributed by atoms with Gasteiger partial charge >= 0.3 is 0 Å². The summed E-state index contributed by atoms with van der Waals surface area (Å²) in [6, 6.07) is 2.19. The van der Waals surface area contributed by atoms with Crippen LogP contribution in [0.1, 0.15) is 29.6 Å². The molecule has 0 atom stereocenters.